The summed E-state index contributed by atoms with van der Waals surface area (Å²) < 4.78 is 27.3. The van der Waals surface area contributed by atoms with Crippen LogP contribution >= 0.6 is 22.7 Å². The zero-order valence-electron chi connectivity index (χ0n) is 15.2. The van der Waals surface area contributed by atoms with Crippen LogP contribution in [0.1, 0.15) is 14.5 Å². The molecule has 0 atom stereocenters. The van der Waals surface area contributed by atoms with E-state index in [-0.39, 0.29) is 5.91 Å². The van der Waals surface area contributed by atoms with E-state index in [0.717, 1.165) is 15.4 Å². The molecule has 1 aromatic carbocycles. The van der Waals surface area contributed by atoms with Crippen LogP contribution in [0.15, 0.2) is 52.9 Å². The number of piperazine rings is 1. The molecule has 0 N–H and O–H groups in total. The summed E-state index contributed by atoms with van der Waals surface area (Å²) in [5.74, 6) is -0.0938. The number of nitrogens with zero attached hydrogens (tertiary/aromatic N) is 3. The molecule has 9 heteroatoms. The van der Waals surface area contributed by atoms with Gasteiger partial charge in [-0.2, -0.15) is 4.31 Å². The van der Waals surface area contributed by atoms with E-state index in [2.05, 4.69) is 4.98 Å². The van der Waals surface area contributed by atoms with Crippen molar-refractivity contribution in [1.29, 1.82) is 0 Å². The highest BCUT2D eigenvalue weighted by molar-refractivity contribution is 7.91. The quantitative estimate of drug-likeness (QED) is 0.633. The Kier molecular flexibility index (Phi) is 5.33. The molecule has 0 radical (unpaired) electrons. The summed E-state index contributed by atoms with van der Waals surface area (Å²) in [6.45, 7) is 3.24. The van der Waals surface area contributed by atoms with Crippen molar-refractivity contribution in [2.24, 2.45) is 0 Å². The van der Waals surface area contributed by atoms with E-state index >= 15 is 0 Å². The number of carbonyl (C=O) groups excluding carboxylic acids is 1. The number of carbonyl (C=O) groups is 1. The monoisotopic (exact) mass is 433 g/mol. The lowest BCUT2D eigenvalue weighted by Gasteiger charge is -2.33. The van der Waals surface area contributed by atoms with Gasteiger partial charge >= 0.3 is 0 Å². The van der Waals surface area contributed by atoms with E-state index in [1.54, 1.807) is 17.2 Å². The number of benzene rings is 1. The highest BCUT2D eigenvalue weighted by Crippen LogP contribution is 2.27. The normalized spacial score (nSPS) is 15.7. The summed E-state index contributed by atoms with van der Waals surface area (Å²) in [6, 6.07) is 13.2. The molecule has 0 aliphatic carbocycles. The van der Waals surface area contributed by atoms with E-state index in [0.29, 0.717) is 35.3 Å². The Morgan fingerprint density at radius 2 is 1.71 bits per heavy atom. The molecule has 0 unspecified atom stereocenters. The Morgan fingerprint density at radius 1 is 1.00 bits per heavy atom. The third kappa shape index (κ3) is 3.75. The molecule has 1 aliphatic rings. The number of aromatic nitrogens is 1. The number of rotatable bonds is 4. The first-order chi connectivity index (χ1) is 13.4. The Bertz CT molecular complexity index is 1080. The SMILES string of the molecule is Cc1ccc(S(=O)(=O)N2CCN(C(=O)c3cnc(-c4ccccc4)s3)CC2)s1. The largest absolute Gasteiger partial charge is 0.335 e. The maximum absolute atomic E-state index is 12.8. The fourth-order valence-corrected chi connectivity index (χ4v) is 6.80. The van der Waals surface area contributed by atoms with Gasteiger partial charge in [0.1, 0.15) is 14.1 Å². The average Bonchev–Trinajstić information content (AvgIpc) is 3.38. The molecular weight excluding hydrogens is 414 g/mol. The summed E-state index contributed by atoms with van der Waals surface area (Å²) in [7, 11) is -3.48. The van der Waals surface area contributed by atoms with Gasteiger partial charge in [0, 0.05) is 36.6 Å². The van der Waals surface area contributed by atoms with Crippen LogP contribution in [0.3, 0.4) is 0 Å². The third-order valence-electron chi connectivity index (χ3n) is 4.57. The zero-order valence-corrected chi connectivity index (χ0v) is 17.7. The number of amides is 1. The van der Waals surface area contributed by atoms with Gasteiger partial charge in [0.05, 0.1) is 6.20 Å². The molecule has 0 bridgehead atoms. The molecule has 4 rings (SSSR count). The van der Waals surface area contributed by atoms with Gasteiger partial charge in [0.25, 0.3) is 15.9 Å². The van der Waals surface area contributed by atoms with Crippen LogP contribution in [-0.4, -0.2) is 54.7 Å². The predicted octanol–water partition coefficient (Wildman–Crippen LogP) is 3.33. The molecule has 1 fully saturated rings. The minimum atomic E-state index is -3.48. The van der Waals surface area contributed by atoms with Gasteiger partial charge in [-0.15, -0.1) is 22.7 Å². The topological polar surface area (TPSA) is 70.6 Å². The first kappa shape index (κ1) is 19.3. The molecule has 2 aromatic heterocycles. The first-order valence-corrected chi connectivity index (χ1v) is 11.9. The number of aryl methyl sites for hydroxylation is 1. The molecule has 146 valence electrons. The van der Waals surface area contributed by atoms with Crippen LogP contribution in [-0.2, 0) is 10.0 Å². The van der Waals surface area contributed by atoms with Crippen molar-refractivity contribution < 1.29 is 13.2 Å². The van der Waals surface area contributed by atoms with Crippen molar-refractivity contribution in [2.45, 2.75) is 11.1 Å². The van der Waals surface area contributed by atoms with Gasteiger partial charge in [0.15, 0.2) is 0 Å². The molecule has 1 saturated heterocycles. The van der Waals surface area contributed by atoms with E-state index in [9.17, 15) is 13.2 Å². The van der Waals surface area contributed by atoms with Crippen LogP contribution in [0, 0.1) is 6.92 Å². The highest BCUT2D eigenvalue weighted by atomic mass is 32.2. The molecule has 6 nitrogen and oxygen atoms in total. The van der Waals surface area contributed by atoms with Crippen LogP contribution in [0.2, 0.25) is 0 Å². The number of thiazole rings is 1. The number of thiophene rings is 1. The Balaban J connectivity index is 1.43. The molecule has 0 spiro atoms. The minimum Gasteiger partial charge on any atom is -0.335 e. The minimum absolute atomic E-state index is 0.0938. The number of hydrogen-bond donors (Lipinski definition) is 0. The van der Waals surface area contributed by atoms with Crippen molar-refractivity contribution in [2.75, 3.05) is 26.2 Å². The van der Waals surface area contributed by atoms with Crippen molar-refractivity contribution in [3.63, 3.8) is 0 Å². The number of hydrogen-bond acceptors (Lipinski definition) is 6. The van der Waals surface area contributed by atoms with Crippen LogP contribution < -0.4 is 0 Å². The van der Waals surface area contributed by atoms with Crippen molar-refractivity contribution >= 4 is 38.6 Å². The average molecular weight is 434 g/mol. The van der Waals surface area contributed by atoms with Crippen molar-refractivity contribution in [1.82, 2.24) is 14.2 Å². The van der Waals surface area contributed by atoms with E-state index in [1.807, 2.05) is 43.3 Å². The van der Waals surface area contributed by atoms with Gasteiger partial charge in [-0.25, -0.2) is 13.4 Å². The number of sulfonamides is 1. The maximum Gasteiger partial charge on any atom is 0.265 e. The van der Waals surface area contributed by atoms with Gasteiger partial charge in [-0.05, 0) is 19.1 Å². The second kappa shape index (κ2) is 7.75. The van der Waals surface area contributed by atoms with Crippen molar-refractivity contribution in [3.05, 3.63) is 58.4 Å². The maximum atomic E-state index is 12.8. The Morgan fingerprint density at radius 3 is 2.36 bits per heavy atom. The third-order valence-corrected chi connectivity index (χ3v) is 8.97. The zero-order chi connectivity index (χ0) is 19.7. The molecule has 28 heavy (non-hydrogen) atoms. The van der Waals surface area contributed by atoms with Crippen LogP contribution in [0.25, 0.3) is 10.6 Å². The summed E-state index contributed by atoms with van der Waals surface area (Å²) in [6.07, 6.45) is 1.60. The Hall–Kier alpha value is -2.07. The van der Waals surface area contributed by atoms with Gasteiger partial charge in [0.2, 0.25) is 0 Å². The first-order valence-electron chi connectivity index (χ1n) is 8.82. The fraction of sp³-hybridized carbons (Fsp3) is 0.263. The summed E-state index contributed by atoms with van der Waals surface area (Å²) in [4.78, 5) is 20.4. The summed E-state index contributed by atoms with van der Waals surface area (Å²) in [5, 5.41) is 0.804. The second-order valence-electron chi connectivity index (χ2n) is 6.46. The van der Waals surface area contributed by atoms with Gasteiger partial charge in [-0.3, -0.25) is 4.79 Å². The van der Waals surface area contributed by atoms with Crippen molar-refractivity contribution in [3.8, 4) is 10.6 Å². The van der Waals surface area contributed by atoms with Crippen LogP contribution in [0.4, 0.5) is 0 Å². The molecule has 1 aliphatic heterocycles. The smallest absolute Gasteiger partial charge is 0.265 e. The molecule has 3 heterocycles. The molecular formula is C19H19N3O3S3. The van der Waals surface area contributed by atoms with Crippen LogP contribution in [0.5, 0.6) is 0 Å². The Labute approximate surface area is 172 Å². The predicted molar refractivity (Wildman–Crippen MR) is 111 cm³/mol. The fourth-order valence-electron chi connectivity index (χ4n) is 3.05. The lowest BCUT2D eigenvalue weighted by atomic mass is 10.2. The van der Waals surface area contributed by atoms with E-state index in [4.69, 9.17) is 0 Å². The summed E-state index contributed by atoms with van der Waals surface area (Å²) in [5.41, 5.74) is 0.980. The lowest BCUT2D eigenvalue weighted by Crippen LogP contribution is -2.50. The lowest BCUT2D eigenvalue weighted by molar-refractivity contribution is 0.0702. The van der Waals surface area contributed by atoms with Gasteiger partial charge in [-0.1, -0.05) is 30.3 Å². The molecule has 3 aromatic rings. The second-order valence-corrected chi connectivity index (χ2v) is 10.9. The summed E-state index contributed by atoms with van der Waals surface area (Å²) >= 11 is 2.64. The van der Waals surface area contributed by atoms with E-state index in [1.165, 1.54) is 27.0 Å². The van der Waals surface area contributed by atoms with Gasteiger partial charge < -0.3 is 4.90 Å². The highest BCUT2D eigenvalue weighted by Gasteiger charge is 2.31. The standard InChI is InChI=1S/C19H19N3O3S3/c1-14-7-8-17(26-14)28(24,25)22-11-9-21(10-12-22)19(23)16-13-20-18(27-16)15-5-3-2-4-6-15/h2-8,13H,9-12H2,1H3. The van der Waals surface area contributed by atoms with E-state index < -0.39 is 10.0 Å². The molecule has 1 amide bonds. The molecule has 0 saturated carbocycles.